The van der Waals surface area contributed by atoms with E-state index in [-0.39, 0.29) is 18.3 Å². The summed E-state index contributed by atoms with van der Waals surface area (Å²) in [5, 5.41) is 7.61. The molecule has 0 fully saturated rings. The Balaban J connectivity index is 1.34. The van der Waals surface area contributed by atoms with Gasteiger partial charge in [0.05, 0.1) is 36.7 Å². The van der Waals surface area contributed by atoms with E-state index in [1.54, 1.807) is 41.3 Å². The summed E-state index contributed by atoms with van der Waals surface area (Å²) in [5.74, 6) is 2.20. The number of amides is 1. The molecule has 0 saturated heterocycles. The number of carbonyl (C=O) groups is 1. The van der Waals surface area contributed by atoms with Crippen LogP contribution in [-0.2, 0) is 13.2 Å². The molecule has 10 heteroatoms. The van der Waals surface area contributed by atoms with Crippen molar-refractivity contribution in [2.24, 2.45) is 0 Å². The number of hydrogen-bond acceptors (Lipinski definition) is 6. The zero-order valence-electron chi connectivity index (χ0n) is 19.8. The van der Waals surface area contributed by atoms with Gasteiger partial charge in [-0.3, -0.25) is 9.48 Å². The van der Waals surface area contributed by atoms with Gasteiger partial charge in [-0.05, 0) is 61.9 Å². The van der Waals surface area contributed by atoms with Crippen molar-refractivity contribution in [2.45, 2.75) is 27.0 Å². The predicted octanol–water partition coefficient (Wildman–Crippen LogP) is 6.57. The molecule has 2 heterocycles. The number of aromatic nitrogens is 2. The summed E-state index contributed by atoms with van der Waals surface area (Å²) in [6.45, 7) is 5.60. The lowest BCUT2D eigenvalue weighted by molar-refractivity contribution is 0.0992. The fourth-order valence-electron chi connectivity index (χ4n) is 3.41. The van der Waals surface area contributed by atoms with Gasteiger partial charge in [0.2, 0.25) is 0 Å². The highest BCUT2D eigenvalue weighted by atomic mass is 79.9. The second kappa shape index (κ2) is 12.0. The van der Waals surface area contributed by atoms with Gasteiger partial charge in [-0.25, -0.2) is 0 Å². The van der Waals surface area contributed by atoms with Gasteiger partial charge >= 0.3 is 0 Å². The lowest BCUT2D eigenvalue weighted by atomic mass is 10.2. The Morgan fingerprint density at radius 2 is 1.81 bits per heavy atom. The molecule has 8 nitrogen and oxygen atoms in total. The summed E-state index contributed by atoms with van der Waals surface area (Å²) in [5.41, 5.74) is 1.54. The van der Waals surface area contributed by atoms with E-state index in [4.69, 9.17) is 30.2 Å². The third kappa shape index (κ3) is 6.61. The smallest absolute Gasteiger partial charge is 0.291 e. The summed E-state index contributed by atoms with van der Waals surface area (Å²) in [7, 11) is 0. The summed E-state index contributed by atoms with van der Waals surface area (Å²) >= 11 is 9.52. The molecule has 1 N–H and O–H groups in total. The Bertz CT molecular complexity index is 1340. The van der Waals surface area contributed by atoms with Crippen molar-refractivity contribution >= 4 is 39.1 Å². The first kappa shape index (κ1) is 25.7. The number of nitrogens with one attached hydrogen (secondary N) is 1. The largest absolute Gasteiger partial charge is 0.490 e. The highest BCUT2D eigenvalue weighted by Crippen LogP contribution is 2.30. The number of anilines is 1. The highest BCUT2D eigenvalue weighted by molar-refractivity contribution is 9.10. The Hall–Kier alpha value is -3.43. The fraction of sp³-hybridized carbons (Fsp3) is 0.231. The third-order valence-electron chi connectivity index (χ3n) is 4.99. The molecule has 4 aromatic rings. The number of ether oxygens (including phenoxy) is 3. The third-order valence-corrected chi connectivity index (χ3v) is 5.78. The lowest BCUT2D eigenvalue weighted by Gasteiger charge is -2.12. The minimum Gasteiger partial charge on any atom is -0.490 e. The van der Waals surface area contributed by atoms with Crippen molar-refractivity contribution in [1.29, 1.82) is 0 Å². The van der Waals surface area contributed by atoms with E-state index in [1.165, 1.54) is 0 Å². The molecule has 0 radical (unpaired) electrons. The molecular formula is C26H25BrClN3O5. The summed E-state index contributed by atoms with van der Waals surface area (Å²) in [6, 6.07) is 14.4. The van der Waals surface area contributed by atoms with Gasteiger partial charge in [0.15, 0.2) is 17.3 Å². The van der Waals surface area contributed by atoms with Crippen molar-refractivity contribution in [3.63, 3.8) is 0 Å². The van der Waals surface area contributed by atoms with E-state index in [9.17, 15) is 4.79 Å². The number of rotatable bonds is 11. The summed E-state index contributed by atoms with van der Waals surface area (Å²) in [4.78, 5) is 12.6. The number of carbonyl (C=O) groups excluding carboxylic acids is 1. The number of halogens is 2. The number of nitrogens with zero attached hydrogens (tertiary/aromatic N) is 2. The van der Waals surface area contributed by atoms with Crippen molar-refractivity contribution in [2.75, 3.05) is 18.5 Å². The normalized spacial score (nSPS) is 10.8. The molecule has 0 unspecified atom stereocenters. The molecule has 0 aliphatic carbocycles. The van der Waals surface area contributed by atoms with Gasteiger partial charge in [0.25, 0.3) is 5.91 Å². The second-order valence-corrected chi connectivity index (χ2v) is 8.98. The maximum Gasteiger partial charge on any atom is 0.291 e. The molecule has 0 spiro atoms. The van der Waals surface area contributed by atoms with E-state index in [2.05, 4.69) is 26.3 Å². The zero-order chi connectivity index (χ0) is 25.5. The van der Waals surface area contributed by atoms with Gasteiger partial charge in [0.1, 0.15) is 18.1 Å². The molecule has 0 bridgehead atoms. The van der Waals surface area contributed by atoms with Crippen LogP contribution < -0.4 is 19.5 Å². The molecule has 1 amide bonds. The molecule has 188 valence electrons. The maximum absolute atomic E-state index is 12.6. The van der Waals surface area contributed by atoms with E-state index in [1.807, 2.05) is 38.1 Å². The van der Waals surface area contributed by atoms with Gasteiger partial charge in [-0.1, -0.05) is 33.6 Å². The highest BCUT2D eigenvalue weighted by Gasteiger charge is 2.14. The van der Waals surface area contributed by atoms with E-state index < -0.39 is 0 Å². The van der Waals surface area contributed by atoms with Crippen LogP contribution in [0.5, 0.6) is 17.2 Å². The zero-order valence-corrected chi connectivity index (χ0v) is 22.1. The monoisotopic (exact) mass is 573 g/mol. The molecule has 2 aromatic carbocycles. The van der Waals surface area contributed by atoms with Crippen LogP contribution in [0.2, 0.25) is 5.02 Å². The fourth-order valence-corrected chi connectivity index (χ4v) is 4.13. The van der Waals surface area contributed by atoms with E-state index in [0.717, 1.165) is 10.0 Å². The molecular weight excluding hydrogens is 550 g/mol. The Morgan fingerprint density at radius 1 is 1.03 bits per heavy atom. The van der Waals surface area contributed by atoms with Gasteiger partial charge in [0, 0.05) is 10.7 Å². The number of hydrogen-bond donors (Lipinski definition) is 1. The van der Waals surface area contributed by atoms with Crippen LogP contribution in [0, 0.1) is 0 Å². The summed E-state index contributed by atoms with van der Waals surface area (Å²) < 4.78 is 25.2. The van der Waals surface area contributed by atoms with E-state index >= 15 is 0 Å². The molecule has 0 saturated carbocycles. The SMILES string of the molecule is CCOc1ccc(Cn2cc(NC(=O)c3ccc(COc4ccc(Br)cc4Cl)o3)cn2)cc1OCC. The van der Waals surface area contributed by atoms with Crippen LogP contribution in [0.15, 0.2) is 69.8 Å². The number of furan rings is 1. The van der Waals surface area contributed by atoms with Crippen LogP contribution in [0.4, 0.5) is 5.69 Å². The molecule has 36 heavy (non-hydrogen) atoms. The standard InChI is InChI=1S/C26H25BrClN3O5/c1-3-33-23-8-5-17(11-25(23)34-4-2)14-31-15-19(13-29-31)30-26(32)24-10-7-20(36-24)16-35-22-9-6-18(27)12-21(22)28/h5-13,15H,3-4,14,16H2,1-2H3,(H,30,32). The minimum absolute atomic E-state index is 0.137. The predicted molar refractivity (Wildman–Crippen MR) is 140 cm³/mol. The maximum atomic E-state index is 12.6. The Morgan fingerprint density at radius 3 is 2.58 bits per heavy atom. The van der Waals surface area contributed by atoms with Crippen molar-refractivity contribution < 1.29 is 23.4 Å². The van der Waals surface area contributed by atoms with Crippen LogP contribution in [-0.4, -0.2) is 28.9 Å². The van der Waals surface area contributed by atoms with Crippen molar-refractivity contribution in [3.8, 4) is 17.2 Å². The molecule has 4 rings (SSSR count). The first-order chi connectivity index (χ1) is 17.4. The average molecular weight is 575 g/mol. The van der Waals surface area contributed by atoms with Crippen LogP contribution in [0.1, 0.15) is 35.7 Å². The van der Waals surface area contributed by atoms with Crippen molar-refractivity contribution in [3.05, 3.63) is 87.5 Å². The first-order valence-electron chi connectivity index (χ1n) is 11.3. The Labute approximate surface area is 222 Å². The van der Waals surface area contributed by atoms with Crippen LogP contribution in [0.25, 0.3) is 0 Å². The second-order valence-electron chi connectivity index (χ2n) is 7.66. The summed E-state index contributed by atoms with van der Waals surface area (Å²) in [6.07, 6.45) is 3.33. The average Bonchev–Trinajstić information content (AvgIpc) is 3.50. The van der Waals surface area contributed by atoms with Gasteiger partial charge in [-0.15, -0.1) is 0 Å². The van der Waals surface area contributed by atoms with Gasteiger partial charge < -0.3 is 23.9 Å². The van der Waals surface area contributed by atoms with Crippen LogP contribution in [0.3, 0.4) is 0 Å². The van der Waals surface area contributed by atoms with Gasteiger partial charge in [-0.2, -0.15) is 5.10 Å². The van der Waals surface area contributed by atoms with Crippen LogP contribution >= 0.6 is 27.5 Å². The van der Waals surface area contributed by atoms with E-state index in [0.29, 0.717) is 53.5 Å². The molecule has 0 aliphatic heterocycles. The minimum atomic E-state index is -0.387. The molecule has 0 atom stereocenters. The molecule has 2 aromatic heterocycles. The Kier molecular flexibility index (Phi) is 8.56. The lowest BCUT2D eigenvalue weighted by Crippen LogP contribution is -2.10. The number of benzene rings is 2. The van der Waals surface area contributed by atoms with Crippen molar-refractivity contribution in [1.82, 2.24) is 9.78 Å². The quantitative estimate of drug-likeness (QED) is 0.218. The molecule has 0 aliphatic rings. The first-order valence-corrected chi connectivity index (χ1v) is 12.5. The topological polar surface area (TPSA) is 87.8 Å².